The van der Waals surface area contributed by atoms with Crippen LogP contribution in [0.3, 0.4) is 0 Å². The largest absolute Gasteiger partial charge is 0.391 e. The Morgan fingerprint density at radius 3 is 2.58 bits per heavy atom. The van der Waals surface area contributed by atoms with Gasteiger partial charge >= 0.3 is 11.9 Å². The van der Waals surface area contributed by atoms with Crippen molar-refractivity contribution in [2.24, 2.45) is 5.92 Å². The average Bonchev–Trinajstić information content (AvgIpc) is 2.45. The van der Waals surface area contributed by atoms with Crippen LogP contribution in [0, 0.1) is 12.8 Å². The summed E-state index contributed by atoms with van der Waals surface area (Å²) >= 11 is 0. The zero-order valence-electron chi connectivity index (χ0n) is 13.3. The molecule has 1 aliphatic carbocycles. The molecule has 0 spiro atoms. The Labute approximate surface area is 135 Å². The van der Waals surface area contributed by atoms with Crippen LogP contribution < -0.4 is 16.6 Å². The first-order valence-corrected chi connectivity index (χ1v) is 7.85. The molecule has 24 heavy (non-hydrogen) atoms. The molecule has 1 saturated carbocycles. The lowest BCUT2D eigenvalue weighted by molar-refractivity contribution is -0.184. The normalized spacial score (nSPS) is 21.5. The van der Waals surface area contributed by atoms with E-state index in [9.17, 15) is 27.6 Å². The van der Waals surface area contributed by atoms with Crippen LogP contribution in [-0.2, 0) is 11.2 Å². The van der Waals surface area contributed by atoms with Crippen LogP contribution in [0.4, 0.5) is 13.2 Å². The van der Waals surface area contributed by atoms with E-state index < -0.39 is 35.3 Å². The molecule has 1 amide bonds. The Bertz CT molecular complexity index is 708. The molecule has 0 bridgehead atoms. The van der Waals surface area contributed by atoms with Gasteiger partial charge in [-0.1, -0.05) is 6.42 Å². The SMILES string of the molecule is Cc1[nH]c(=O)[nH]c(=O)c1CCC(=O)N[C@@H]1CCC[C@H](C(F)(F)F)C1. The Morgan fingerprint density at radius 1 is 1.25 bits per heavy atom. The van der Waals surface area contributed by atoms with Crippen molar-refractivity contribution in [2.75, 3.05) is 0 Å². The lowest BCUT2D eigenvalue weighted by atomic mass is 9.85. The summed E-state index contributed by atoms with van der Waals surface area (Å²) in [5.74, 6) is -1.77. The van der Waals surface area contributed by atoms with E-state index in [1.807, 2.05) is 0 Å². The van der Waals surface area contributed by atoms with Gasteiger partial charge in [-0.3, -0.25) is 14.6 Å². The predicted octanol–water partition coefficient (Wildman–Crippen LogP) is 1.54. The first-order chi connectivity index (χ1) is 11.2. The van der Waals surface area contributed by atoms with E-state index in [4.69, 9.17) is 0 Å². The van der Waals surface area contributed by atoms with Crippen molar-refractivity contribution in [1.82, 2.24) is 15.3 Å². The monoisotopic (exact) mass is 347 g/mol. The second-order valence-electron chi connectivity index (χ2n) is 6.18. The molecule has 0 aliphatic heterocycles. The van der Waals surface area contributed by atoms with Gasteiger partial charge in [0.05, 0.1) is 5.92 Å². The summed E-state index contributed by atoms with van der Waals surface area (Å²) in [4.78, 5) is 39.3. The maximum atomic E-state index is 12.8. The summed E-state index contributed by atoms with van der Waals surface area (Å²) in [5.41, 5.74) is -0.502. The van der Waals surface area contributed by atoms with Crippen molar-refractivity contribution in [3.8, 4) is 0 Å². The molecule has 9 heteroatoms. The van der Waals surface area contributed by atoms with E-state index in [0.717, 1.165) is 0 Å². The predicted molar refractivity (Wildman–Crippen MR) is 80.7 cm³/mol. The zero-order valence-corrected chi connectivity index (χ0v) is 13.3. The lowest BCUT2D eigenvalue weighted by Gasteiger charge is -2.31. The van der Waals surface area contributed by atoms with Crippen molar-refractivity contribution < 1.29 is 18.0 Å². The zero-order chi connectivity index (χ0) is 17.9. The first-order valence-electron chi connectivity index (χ1n) is 7.85. The second-order valence-corrected chi connectivity index (χ2v) is 6.18. The van der Waals surface area contributed by atoms with E-state index in [1.165, 1.54) is 0 Å². The molecule has 2 atom stereocenters. The number of hydrogen-bond donors (Lipinski definition) is 3. The fourth-order valence-corrected chi connectivity index (χ4v) is 3.08. The molecule has 3 N–H and O–H groups in total. The molecular formula is C15H20F3N3O3. The molecule has 0 saturated heterocycles. The van der Waals surface area contributed by atoms with Crippen LogP contribution in [0.25, 0.3) is 0 Å². The molecule has 1 heterocycles. The number of nitrogens with one attached hydrogen (secondary N) is 3. The Morgan fingerprint density at radius 2 is 1.96 bits per heavy atom. The minimum absolute atomic E-state index is 0.0247. The Balaban J connectivity index is 1.90. The summed E-state index contributed by atoms with van der Waals surface area (Å²) in [7, 11) is 0. The fourth-order valence-electron chi connectivity index (χ4n) is 3.08. The maximum Gasteiger partial charge on any atom is 0.391 e. The summed E-state index contributed by atoms with van der Waals surface area (Å²) in [6.07, 6.45) is -3.20. The van der Waals surface area contributed by atoms with Crippen LogP contribution >= 0.6 is 0 Å². The van der Waals surface area contributed by atoms with Gasteiger partial charge in [-0.05, 0) is 32.6 Å². The smallest absolute Gasteiger partial charge is 0.353 e. The quantitative estimate of drug-likeness (QED) is 0.771. The van der Waals surface area contributed by atoms with E-state index in [0.29, 0.717) is 24.1 Å². The molecule has 2 rings (SSSR count). The molecule has 0 unspecified atom stereocenters. The number of aromatic nitrogens is 2. The molecule has 1 fully saturated rings. The number of aromatic amines is 2. The minimum atomic E-state index is -4.23. The molecule has 1 aromatic rings. The van der Waals surface area contributed by atoms with Crippen molar-refractivity contribution in [2.45, 2.75) is 57.7 Å². The fraction of sp³-hybridized carbons (Fsp3) is 0.667. The van der Waals surface area contributed by atoms with Crippen molar-refractivity contribution in [3.05, 3.63) is 32.1 Å². The number of alkyl halides is 3. The molecule has 1 aromatic heterocycles. The van der Waals surface area contributed by atoms with E-state index in [2.05, 4.69) is 15.3 Å². The van der Waals surface area contributed by atoms with Crippen molar-refractivity contribution >= 4 is 5.91 Å². The van der Waals surface area contributed by atoms with Gasteiger partial charge in [0.25, 0.3) is 5.56 Å². The Kier molecular flexibility index (Phi) is 5.51. The van der Waals surface area contributed by atoms with Gasteiger partial charge in [0.15, 0.2) is 0 Å². The highest BCUT2D eigenvalue weighted by Gasteiger charge is 2.42. The van der Waals surface area contributed by atoms with Crippen LogP contribution in [0.15, 0.2) is 9.59 Å². The molecule has 1 aliphatic rings. The summed E-state index contributed by atoms with van der Waals surface area (Å²) in [6.45, 7) is 1.55. The summed E-state index contributed by atoms with van der Waals surface area (Å²) in [5, 5.41) is 2.62. The van der Waals surface area contributed by atoms with Crippen LogP contribution in [0.5, 0.6) is 0 Å². The topological polar surface area (TPSA) is 94.8 Å². The number of H-pyrrole nitrogens is 2. The van der Waals surface area contributed by atoms with Crippen LogP contribution in [0.1, 0.15) is 43.4 Å². The number of carbonyl (C=O) groups is 1. The molecular weight excluding hydrogens is 327 g/mol. The highest BCUT2D eigenvalue weighted by atomic mass is 19.4. The van der Waals surface area contributed by atoms with E-state index in [1.54, 1.807) is 6.92 Å². The number of rotatable bonds is 4. The summed E-state index contributed by atoms with van der Waals surface area (Å²) < 4.78 is 38.3. The van der Waals surface area contributed by atoms with Gasteiger partial charge < -0.3 is 10.3 Å². The lowest BCUT2D eigenvalue weighted by Crippen LogP contribution is -2.41. The van der Waals surface area contributed by atoms with Gasteiger partial charge in [0, 0.05) is 23.7 Å². The molecule has 0 aromatic carbocycles. The highest BCUT2D eigenvalue weighted by Crippen LogP contribution is 2.37. The van der Waals surface area contributed by atoms with Gasteiger partial charge in [0.1, 0.15) is 0 Å². The van der Waals surface area contributed by atoms with E-state index in [-0.39, 0.29) is 25.7 Å². The maximum absolute atomic E-state index is 12.8. The second kappa shape index (κ2) is 7.23. The highest BCUT2D eigenvalue weighted by molar-refractivity contribution is 5.76. The first kappa shape index (κ1) is 18.3. The van der Waals surface area contributed by atoms with Gasteiger partial charge in [0.2, 0.25) is 5.91 Å². The Hall–Kier alpha value is -2.06. The number of halogens is 3. The molecule has 6 nitrogen and oxygen atoms in total. The standard InChI is InChI=1S/C15H20F3N3O3/c1-8-11(13(23)21-14(24)19-8)5-6-12(22)20-10-4-2-3-9(7-10)15(16,17)18/h9-10H,2-7H2,1H3,(H,20,22)(H2,19,21,23,24)/t9-,10+/m0/s1. The van der Waals surface area contributed by atoms with Gasteiger partial charge in [-0.2, -0.15) is 13.2 Å². The third-order valence-electron chi connectivity index (χ3n) is 4.36. The van der Waals surface area contributed by atoms with Crippen LogP contribution in [0.2, 0.25) is 0 Å². The molecule has 0 radical (unpaired) electrons. The van der Waals surface area contributed by atoms with Crippen LogP contribution in [-0.4, -0.2) is 28.1 Å². The minimum Gasteiger partial charge on any atom is -0.353 e. The number of carbonyl (C=O) groups excluding carboxylic acids is 1. The van der Waals surface area contributed by atoms with Crippen molar-refractivity contribution in [1.29, 1.82) is 0 Å². The number of amides is 1. The number of aryl methyl sites for hydroxylation is 1. The average molecular weight is 347 g/mol. The summed E-state index contributed by atoms with van der Waals surface area (Å²) in [6, 6.07) is -0.493. The molecule has 134 valence electrons. The van der Waals surface area contributed by atoms with Crippen molar-refractivity contribution in [3.63, 3.8) is 0 Å². The number of hydrogen-bond acceptors (Lipinski definition) is 3. The van der Waals surface area contributed by atoms with Gasteiger partial charge in [-0.25, -0.2) is 4.79 Å². The third-order valence-corrected chi connectivity index (χ3v) is 4.36. The van der Waals surface area contributed by atoms with E-state index >= 15 is 0 Å². The van der Waals surface area contributed by atoms with Gasteiger partial charge in [-0.15, -0.1) is 0 Å². The third kappa shape index (κ3) is 4.72.